The zero-order chi connectivity index (χ0) is 28.7. The van der Waals surface area contributed by atoms with E-state index in [2.05, 4.69) is 17.0 Å². The van der Waals surface area contributed by atoms with E-state index in [1.54, 1.807) is 6.07 Å². The van der Waals surface area contributed by atoms with E-state index in [9.17, 15) is 26.3 Å². The Kier molecular flexibility index (Phi) is 10.1. The maximum Gasteiger partial charge on any atom is 0.398 e. The molecule has 0 saturated heterocycles. The van der Waals surface area contributed by atoms with Gasteiger partial charge in [0.05, 0.1) is 16.9 Å². The van der Waals surface area contributed by atoms with Gasteiger partial charge in [-0.2, -0.15) is 31.6 Å². The largest absolute Gasteiger partial charge is 0.398 e. The van der Waals surface area contributed by atoms with Crippen LogP contribution in [0, 0.1) is 11.3 Å². The van der Waals surface area contributed by atoms with Crippen molar-refractivity contribution in [1.82, 2.24) is 4.90 Å². The van der Waals surface area contributed by atoms with Gasteiger partial charge >= 0.3 is 12.4 Å². The summed E-state index contributed by atoms with van der Waals surface area (Å²) in [5, 5.41) is 7.32. The number of nitriles is 1. The lowest BCUT2D eigenvalue weighted by Crippen LogP contribution is -2.51. The maximum atomic E-state index is 14.3. The number of rotatable bonds is 10. The van der Waals surface area contributed by atoms with Crippen LogP contribution in [0.2, 0.25) is 0 Å². The van der Waals surface area contributed by atoms with Gasteiger partial charge in [-0.15, -0.1) is 0 Å². The minimum atomic E-state index is -4.48. The zero-order valence-corrected chi connectivity index (χ0v) is 22.8. The van der Waals surface area contributed by atoms with Gasteiger partial charge < -0.3 is 4.90 Å². The summed E-state index contributed by atoms with van der Waals surface area (Å²) < 4.78 is 85.9. The van der Waals surface area contributed by atoms with E-state index in [0.717, 1.165) is 19.5 Å². The molecular weight excluding hydrogens is 514 g/mol. The van der Waals surface area contributed by atoms with Gasteiger partial charge in [0.25, 0.3) is 0 Å². The predicted molar refractivity (Wildman–Crippen MR) is 141 cm³/mol. The molecule has 0 amide bonds. The molecule has 214 valence electrons. The van der Waals surface area contributed by atoms with Crippen LogP contribution in [0.5, 0.6) is 0 Å². The van der Waals surface area contributed by atoms with Crippen LogP contribution >= 0.6 is 0 Å². The van der Waals surface area contributed by atoms with Crippen LogP contribution in [0.25, 0.3) is 0 Å². The first-order valence-electron chi connectivity index (χ1n) is 13.8. The third kappa shape index (κ3) is 6.45. The molecular formula is C31H38F6N2. The van der Waals surface area contributed by atoms with Crippen molar-refractivity contribution < 1.29 is 26.3 Å². The Hall–Kier alpha value is -2.53. The van der Waals surface area contributed by atoms with Crippen molar-refractivity contribution in [1.29, 1.82) is 5.26 Å². The molecule has 2 nitrogen and oxygen atoms in total. The van der Waals surface area contributed by atoms with Crippen molar-refractivity contribution in [2.75, 3.05) is 19.6 Å². The van der Waals surface area contributed by atoms with Crippen molar-refractivity contribution in [3.8, 4) is 6.07 Å². The van der Waals surface area contributed by atoms with Crippen LogP contribution < -0.4 is 0 Å². The van der Waals surface area contributed by atoms with Gasteiger partial charge in [-0.05, 0) is 80.3 Å². The summed E-state index contributed by atoms with van der Waals surface area (Å²) in [5.74, 6) is 0. The second-order valence-electron chi connectivity index (χ2n) is 10.7. The molecule has 2 fully saturated rings. The number of halogens is 6. The maximum absolute atomic E-state index is 14.3. The van der Waals surface area contributed by atoms with Gasteiger partial charge in [-0.1, -0.05) is 68.3 Å². The average Bonchev–Trinajstić information content (AvgIpc) is 2.80. The van der Waals surface area contributed by atoms with Crippen LogP contribution in [-0.4, -0.2) is 36.9 Å². The lowest BCUT2D eigenvalue weighted by molar-refractivity contribution is -0.215. The van der Waals surface area contributed by atoms with Crippen molar-refractivity contribution in [3.63, 3.8) is 0 Å². The fourth-order valence-electron chi connectivity index (χ4n) is 6.06. The van der Waals surface area contributed by atoms with Gasteiger partial charge in [0.1, 0.15) is 0 Å². The van der Waals surface area contributed by atoms with E-state index in [0.29, 0.717) is 31.4 Å². The Morgan fingerprint density at radius 2 is 1.26 bits per heavy atom. The molecule has 4 rings (SSSR count). The van der Waals surface area contributed by atoms with E-state index >= 15 is 0 Å². The quantitative estimate of drug-likeness (QED) is 0.276. The Morgan fingerprint density at radius 3 is 1.64 bits per heavy atom. The first-order valence-corrected chi connectivity index (χ1v) is 13.8. The van der Waals surface area contributed by atoms with E-state index in [4.69, 9.17) is 5.26 Å². The van der Waals surface area contributed by atoms with Crippen molar-refractivity contribution in [3.05, 3.63) is 70.8 Å². The Labute approximate surface area is 228 Å². The summed E-state index contributed by atoms with van der Waals surface area (Å²) in [6.45, 7) is 5.67. The highest BCUT2D eigenvalue weighted by molar-refractivity contribution is 5.48. The highest BCUT2D eigenvalue weighted by atomic mass is 19.4. The van der Waals surface area contributed by atoms with E-state index in [1.807, 2.05) is 25.1 Å². The molecule has 0 aromatic heterocycles. The number of alkyl halides is 6. The van der Waals surface area contributed by atoms with Crippen LogP contribution in [0.3, 0.4) is 0 Å². The molecule has 0 N–H and O–H groups in total. The van der Waals surface area contributed by atoms with Crippen LogP contribution in [0.15, 0.2) is 48.5 Å². The number of likely N-dealkylation sites (N-methyl/N-ethyl adjacent to an activating group) is 1. The third-order valence-electron chi connectivity index (χ3n) is 8.61. The second-order valence-corrected chi connectivity index (χ2v) is 10.7. The van der Waals surface area contributed by atoms with Crippen molar-refractivity contribution in [2.45, 2.75) is 94.8 Å². The Bertz CT molecular complexity index is 1040. The van der Waals surface area contributed by atoms with Gasteiger partial charge in [0.15, 0.2) is 0 Å². The molecule has 2 aliphatic rings. The van der Waals surface area contributed by atoms with Gasteiger partial charge in [0.2, 0.25) is 0 Å². The molecule has 0 radical (unpaired) electrons. The van der Waals surface area contributed by atoms with E-state index < -0.39 is 23.2 Å². The molecule has 0 bridgehead atoms. The smallest absolute Gasteiger partial charge is 0.303 e. The monoisotopic (exact) mass is 552 g/mol. The fraction of sp³-hybridized carbons (Fsp3) is 0.581. The molecule has 2 saturated carbocycles. The van der Waals surface area contributed by atoms with Crippen LogP contribution in [-0.2, 0) is 23.7 Å². The second kappa shape index (κ2) is 12.8. The molecule has 2 aliphatic carbocycles. The van der Waals surface area contributed by atoms with Gasteiger partial charge in [-0.25, -0.2) is 0 Å². The molecule has 0 unspecified atom stereocenters. The first kappa shape index (κ1) is 31.0. The average molecular weight is 553 g/mol. The number of benzene rings is 2. The SMILES string of the molecule is CC#N.CCN(CCCc1c(C2(C(F)(F)F)CCC2)cccc1C1(C(F)(F)F)CCC1)CCc1ccccc1. The Morgan fingerprint density at radius 1 is 0.769 bits per heavy atom. The van der Waals surface area contributed by atoms with E-state index in [-0.39, 0.29) is 43.2 Å². The first-order chi connectivity index (χ1) is 18.5. The fourth-order valence-corrected chi connectivity index (χ4v) is 6.06. The third-order valence-corrected chi connectivity index (χ3v) is 8.61. The van der Waals surface area contributed by atoms with Gasteiger partial charge in [-0.3, -0.25) is 0 Å². The van der Waals surface area contributed by atoms with Crippen LogP contribution in [0.1, 0.15) is 81.0 Å². The van der Waals surface area contributed by atoms with Crippen LogP contribution in [0.4, 0.5) is 26.3 Å². The molecule has 2 aromatic rings. The lowest BCUT2D eigenvalue weighted by atomic mass is 9.58. The molecule has 8 heteroatoms. The number of nitrogens with zero attached hydrogens (tertiary/aromatic N) is 2. The number of hydrogen-bond donors (Lipinski definition) is 0. The molecule has 0 heterocycles. The predicted octanol–water partition coefficient (Wildman–Crippen LogP) is 8.68. The molecule has 2 aromatic carbocycles. The highest BCUT2D eigenvalue weighted by Gasteiger charge is 2.63. The van der Waals surface area contributed by atoms with E-state index in [1.165, 1.54) is 30.7 Å². The molecule has 0 atom stereocenters. The summed E-state index contributed by atoms with van der Waals surface area (Å²) in [5.41, 5.74) is -2.37. The zero-order valence-electron chi connectivity index (χ0n) is 22.8. The molecule has 39 heavy (non-hydrogen) atoms. The Balaban J connectivity index is 0.00000134. The summed E-state index contributed by atoms with van der Waals surface area (Å²) >= 11 is 0. The normalized spacial score (nSPS) is 17.8. The summed E-state index contributed by atoms with van der Waals surface area (Å²) in [4.78, 5) is 2.22. The summed E-state index contributed by atoms with van der Waals surface area (Å²) in [7, 11) is 0. The summed E-state index contributed by atoms with van der Waals surface area (Å²) in [6, 6.07) is 16.1. The molecule has 0 aliphatic heterocycles. The standard InChI is InChI=1S/C29H35F6N.C2H3N/c1-2-36(21-15-22-10-4-3-5-11-22)20-7-12-23-24(26(16-8-17-26)28(30,31)32)13-6-14-25(23)27(18-9-19-27)29(33,34)35;1-2-3/h3-6,10-11,13-14H,2,7-9,12,15-21H2,1H3;1H3. The number of hydrogen-bond acceptors (Lipinski definition) is 2. The van der Waals surface area contributed by atoms with Crippen molar-refractivity contribution >= 4 is 0 Å². The minimum absolute atomic E-state index is 0.0515. The minimum Gasteiger partial charge on any atom is -0.303 e. The van der Waals surface area contributed by atoms with Crippen molar-refractivity contribution in [2.24, 2.45) is 0 Å². The summed E-state index contributed by atoms with van der Waals surface area (Å²) in [6.07, 6.45) is -6.68. The topological polar surface area (TPSA) is 27.0 Å². The molecule has 0 spiro atoms. The van der Waals surface area contributed by atoms with Gasteiger partial charge in [0, 0.05) is 13.5 Å². The lowest BCUT2D eigenvalue weighted by Gasteiger charge is -2.48. The highest BCUT2D eigenvalue weighted by Crippen LogP contribution is 2.59.